The van der Waals surface area contributed by atoms with Gasteiger partial charge in [-0.2, -0.15) is 0 Å². The summed E-state index contributed by atoms with van der Waals surface area (Å²) in [5.74, 6) is 0.663. The first-order valence-corrected chi connectivity index (χ1v) is 7.47. The predicted octanol–water partition coefficient (Wildman–Crippen LogP) is 4.16. The van der Waals surface area contributed by atoms with E-state index in [1.165, 1.54) is 38.5 Å². The van der Waals surface area contributed by atoms with Crippen molar-refractivity contribution in [1.29, 1.82) is 0 Å². The van der Waals surface area contributed by atoms with Crippen molar-refractivity contribution in [1.82, 2.24) is 0 Å². The molecular weight excluding hydrogens is 220 g/mol. The predicted molar refractivity (Wildman–Crippen MR) is 72.9 cm³/mol. The van der Waals surface area contributed by atoms with E-state index in [1.54, 1.807) is 11.1 Å². The third kappa shape index (κ3) is 1.31. The van der Waals surface area contributed by atoms with E-state index in [1.807, 2.05) is 0 Å². The topological polar surface area (TPSA) is 9.23 Å². The van der Waals surface area contributed by atoms with Gasteiger partial charge < -0.3 is 4.74 Å². The van der Waals surface area contributed by atoms with Crippen LogP contribution in [0.3, 0.4) is 0 Å². The Morgan fingerprint density at radius 3 is 3.00 bits per heavy atom. The van der Waals surface area contributed by atoms with E-state index in [2.05, 4.69) is 31.2 Å². The number of hydrogen-bond acceptors (Lipinski definition) is 1. The van der Waals surface area contributed by atoms with E-state index in [0.717, 1.165) is 6.61 Å². The molecule has 1 saturated carbocycles. The maximum absolute atomic E-state index is 6.36. The molecule has 1 nitrogen and oxygen atoms in total. The zero-order valence-corrected chi connectivity index (χ0v) is 11.2. The second kappa shape index (κ2) is 3.60. The Hall–Kier alpha value is -0.820. The highest BCUT2D eigenvalue weighted by atomic mass is 16.5. The average molecular weight is 242 g/mol. The molecule has 1 heteroatoms. The molecule has 0 unspecified atom stereocenters. The van der Waals surface area contributed by atoms with Crippen molar-refractivity contribution in [3.63, 3.8) is 0 Å². The van der Waals surface area contributed by atoms with Gasteiger partial charge in [0.1, 0.15) is 0 Å². The first kappa shape index (κ1) is 11.0. The Labute approximate surface area is 110 Å². The monoisotopic (exact) mass is 242 g/mol. The van der Waals surface area contributed by atoms with E-state index >= 15 is 0 Å². The summed E-state index contributed by atoms with van der Waals surface area (Å²) in [5.41, 5.74) is 3.77. The van der Waals surface area contributed by atoms with Crippen LogP contribution in [-0.4, -0.2) is 12.2 Å². The number of benzene rings is 1. The van der Waals surface area contributed by atoms with Gasteiger partial charge >= 0.3 is 0 Å². The van der Waals surface area contributed by atoms with Crippen LogP contribution in [-0.2, 0) is 10.2 Å². The third-order valence-electron chi connectivity index (χ3n) is 5.70. The fourth-order valence-electron chi connectivity index (χ4n) is 4.89. The Balaban J connectivity index is 1.93. The summed E-state index contributed by atoms with van der Waals surface area (Å²) in [6.07, 6.45) is 7.78. The lowest BCUT2D eigenvalue weighted by Gasteiger charge is -2.57. The lowest BCUT2D eigenvalue weighted by Crippen LogP contribution is -2.55. The molecule has 1 aromatic carbocycles. The van der Waals surface area contributed by atoms with Crippen molar-refractivity contribution >= 4 is 0 Å². The van der Waals surface area contributed by atoms with Gasteiger partial charge in [0.05, 0.1) is 5.60 Å². The van der Waals surface area contributed by atoms with Gasteiger partial charge in [-0.25, -0.2) is 0 Å². The molecule has 3 atom stereocenters. The van der Waals surface area contributed by atoms with Crippen molar-refractivity contribution in [3.8, 4) is 0 Å². The van der Waals surface area contributed by atoms with E-state index in [-0.39, 0.29) is 5.60 Å². The minimum atomic E-state index is 0.180. The largest absolute Gasteiger partial charge is 0.374 e. The molecule has 1 aliphatic heterocycles. The van der Waals surface area contributed by atoms with Crippen molar-refractivity contribution in [2.24, 2.45) is 0 Å². The summed E-state index contributed by atoms with van der Waals surface area (Å²) >= 11 is 0. The van der Waals surface area contributed by atoms with Crippen LogP contribution in [0.2, 0.25) is 0 Å². The highest BCUT2D eigenvalue weighted by molar-refractivity contribution is 5.43. The van der Waals surface area contributed by atoms with Gasteiger partial charge in [0.15, 0.2) is 0 Å². The van der Waals surface area contributed by atoms with E-state index in [0.29, 0.717) is 11.3 Å². The molecule has 1 aromatic rings. The average Bonchev–Trinajstić information content (AvgIpc) is 2.38. The van der Waals surface area contributed by atoms with Crippen molar-refractivity contribution in [2.45, 2.75) is 62.4 Å². The fraction of sp³-hybridized carbons (Fsp3) is 0.647. The van der Waals surface area contributed by atoms with Gasteiger partial charge in [-0.3, -0.25) is 0 Å². The van der Waals surface area contributed by atoms with Crippen LogP contribution >= 0.6 is 0 Å². The van der Waals surface area contributed by atoms with Gasteiger partial charge in [-0.1, -0.05) is 44.0 Å². The molecule has 0 aromatic heterocycles. The fourth-order valence-corrected chi connectivity index (χ4v) is 4.89. The maximum Gasteiger partial charge on any atom is 0.0759 e. The molecule has 18 heavy (non-hydrogen) atoms. The standard InChI is InChI=1S/C17H22O/c1-16-10-11-18-17(12-16)9-5-4-8-15(17)13-6-2-3-7-14(13)16/h2-3,6-7,15H,4-5,8-12H2,1H3/t15-,16-,17+/m1/s1. The quantitative estimate of drug-likeness (QED) is 0.663. The van der Waals surface area contributed by atoms with Gasteiger partial charge in [-0.05, 0) is 42.2 Å². The highest BCUT2D eigenvalue weighted by Gasteiger charge is 2.54. The Morgan fingerprint density at radius 1 is 1.17 bits per heavy atom. The number of rotatable bonds is 0. The van der Waals surface area contributed by atoms with Crippen molar-refractivity contribution < 1.29 is 4.74 Å². The van der Waals surface area contributed by atoms with Crippen LogP contribution in [0.25, 0.3) is 0 Å². The third-order valence-corrected chi connectivity index (χ3v) is 5.70. The Bertz CT molecular complexity index is 476. The first-order valence-electron chi connectivity index (χ1n) is 7.47. The minimum absolute atomic E-state index is 0.180. The van der Waals surface area contributed by atoms with Gasteiger partial charge in [0.2, 0.25) is 0 Å². The van der Waals surface area contributed by atoms with Crippen LogP contribution < -0.4 is 0 Å². The smallest absolute Gasteiger partial charge is 0.0759 e. The second-order valence-corrected chi connectivity index (χ2v) is 6.79. The van der Waals surface area contributed by atoms with Gasteiger partial charge in [-0.15, -0.1) is 0 Å². The van der Waals surface area contributed by atoms with Gasteiger partial charge in [0, 0.05) is 12.5 Å². The molecule has 1 heterocycles. The van der Waals surface area contributed by atoms with Crippen LogP contribution in [0.4, 0.5) is 0 Å². The molecule has 1 spiro atoms. The Morgan fingerprint density at radius 2 is 2.06 bits per heavy atom. The van der Waals surface area contributed by atoms with Crippen LogP contribution in [0.5, 0.6) is 0 Å². The first-order chi connectivity index (χ1) is 8.74. The molecule has 2 fully saturated rings. The summed E-state index contributed by atoms with van der Waals surface area (Å²) in [7, 11) is 0. The van der Waals surface area contributed by atoms with E-state index < -0.39 is 0 Å². The summed E-state index contributed by atoms with van der Waals surface area (Å²) in [6.45, 7) is 3.42. The number of hydrogen-bond donors (Lipinski definition) is 0. The normalized spacial score (nSPS) is 41.9. The molecule has 0 amide bonds. The minimum Gasteiger partial charge on any atom is -0.374 e. The van der Waals surface area contributed by atoms with E-state index in [9.17, 15) is 0 Å². The van der Waals surface area contributed by atoms with Crippen molar-refractivity contribution in [2.75, 3.05) is 6.61 Å². The van der Waals surface area contributed by atoms with Gasteiger partial charge in [0.25, 0.3) is 0 Å². The second-order valence-electron chi connectivity index (χ2n) is 6.79. The number of fused-ring (bicyclic) bond motifs is 4. The number of ether oxygens (including phenoxy) is 1. The lowest BCUT2D eigenvalue weighted by molar-refractivity contribution is -0.143. The zero-order chi connectivity index (χ0) is 12.2. The lowest BCUT2D eigenvalue weighted by atomic mass is 9.55. The molecule has 0 N–H and O–H groups in total. The molecule has 1 saturated heterocycles. The molecule has 4 rings (SSSR count). The molecular formula is C17H22O. The summed E-state index contributed by atoms with van der Waals surface area (Å²) in [5, 5.41) is 0. The van der Waals surface area contributed by atoms with Crippen LogP contribution in [0.1, 0.15) is 62.5 Å². The highest BCUT2D eigenvalue weighted by Crippen LogP contribution is 2.58. The molecule has 3 aliphatic rings. The molecule has 0 radical (unpaired) electrons. The molecule has 96 valence electrons. The molecule has 2 aliphatic carbocycles. The van der Waals surface area contributed by atoms with Crippen molar-refractivity contribution in [3.05, 3.63) is 35.4 Å². The van der Waals surface area contributed by atoms with E-state index in [4.69, 9.17) is 4.74 Å². The SMILES string of the molecule is C[C@]12CCO[C@@]3(CCCC[C@@H]3c3ccccc31)C2. The van der Waals surface area contributed by atoms with Crippen LogP contribution in [0, 0.1) is 0 Å². The zero-order valence-electron chi connectivity index (χ0n) is 11.2. The maximum atomic E-state index is 6.36. The van der Waals surface area contributed by atoms with Crippen LogP contribution in [0.15, 0.2) is 24.3 Å². The summed E-state index contributed by atoms with van der Waals surface area (Å²) in [6, 6.07) is 9.17. The Kier molecular flexibility index (Phi) is 2.21. The summed E-state index contributed by atoms with van der Waals surface area (Å²) in [4.78, 5) is 0. The summed E-state index contributed by atoms with van der Waals surface area (Å²) < 4.78 is 6.36. The molecule has 2 bridgehead atoms.